The quantitative estimate of drug-likeness (QED) is 0.571. The number of halogens is 1. The Labute approximate surface area is 151 Å². The van der Waals surface area contributed by atoms with Crippen LogP contribution in [0.3, 0.4) is 0 Å². The fourth-order valence-corrected chi connectivity index (χ4v) is 3.75. The number of aliphatic hydroxyl groups is 1. The van der Waals surface area contributed by atoms with Gasteiger partial charge in [0.05, 0.1) is 22.6 Å². The zero-order valence-corrected chi connectivity index (χ0v) is 14.7. The summed E-state index contributed by atoms with van der Waals surface area (Å²) < 4.78 is 1.91. The summed E-state index contributed by atoms with van der Waals surface area (Å²) in [6, 6.07) is 14.8. The zero-order chi connectivity index (χ0) is 17.3. The molecule has 0 amide bonds. The molecule has 24 heavy (non-hydrogen) atoms. The van der Waals surface area contributed by atoms with Crippen molar-refractivity contribution in [1.82, 2.24) is 5.32 Å². The van der Waals surface area contributed by atoms with E-state index < -0.39 is 11.8 Å². The molecule has 3 rings (SSSR count). The second-order valence-corrected chi connectivity index (χ2v) is 6.83. The molecule has 2 aromatic rings. The first-order valence-electron chi connectivity index (χ1n) is 7.49. The third-order valence-electron chi connectivity index (χ3n) is 4.24. The highest BCUT2D eigenvalue weighted by Crippen LogP contribution is 2.43. The predicted molar refractivity (Wildman–Crippen MR) is 95.3 cm³/mol. The van der Waals surface area contributed by atoms with Crippen LogP contribution in [0.2, 0.25) is 5.02 Å². The minimum Gasteiger partial charge on any atom is -0.366 e. The van der Waals surface area contributed by atoms with Crippen LogP contribution in [0.25, 0.3) is 0 Å². The van der Waals surface area contributed by atoms with Gasteiger partial charge in [0.2, 0.25) is 6.04 Å². The number of rotatable bonds is 2. The van der Waals surface area contributed by atoms with Gasteiger partial charge in [-0.15, -0.1) is 12.6 Å². The molecule has 2 N–H and O–H groups in total. The molecule has 2 heterocycles. The lowest BCUT2D eigenvalue weighted by Gasteiger charge is -2.39. The Morgan fingerprint density at radius 2 is 1.88 bits per heavy atom. The van der Waals surface area contributed by atoms with E-state index in [1.807, 2.05) is 47.3 Å². The lowest BCUT2D eigenvalue weighted by molar-refractivity contribution is -0.741. The van der Waals surface area contributed by atoms with E-state index in [4.69, 9.17) is 11.6 Å². The van der Waals surface area contributed by atoms with Gasteiger partial charge in [0.1, 0.15) is 0 Å². The Hall–Kier alpha value is -2.00. The van der Waals surface area contributed by atoms with Crippen LogP contribution >= 0.6 is 24.2 Å². The number of benzene rings is 1. The van der Waals surface area contributed by atoms with Gasteiger partial charge >= 0.3 is 0 Å². The lowest BCUT2D eigenvalue weighted by atomic mass is 9.78. The van der Waals surface area contributed by atoms with Crippen molar-refractivity contribution < 1.29 is 9.67 Å². The summed E-state index contributed by atoms with van der Waals surface area (Å²) in [7, 11) is 0. The highest BCUT2D eigenvalue weighted by molar-refractivity contribution is 7.84. The molecule has 1 aliphatic heterocycles. The van der Waals surface area contributed by atoms with Crippen LogP contribution < -0.4 is 9.88 Å². The summed E-state index contributed by atoms with van der Waals surface area (Å²) >= 11 is 10.4. The van der Waals surface area contributed by atoms with Crippen molar-refractivity contribution in [3.05, 3.63) is 76.0 Å². The molecule has 0 spiro atoms. The number of allylic oxidation sites excluding steroid dienone is 1. The van der Waals surface area contributed by atoms with Gasteiger partial charge in [-0.1, -0.05) is 29.8 Å². The van der Waals surface area contributed by atoms with Gasteiger partial charge in [-0.3, -0.25) is 0 Å². The number of pyridine rings is 1. The highest BCUT2D eigenvalue weighted by atomic mass is 35.5. The van der Waals surface area contributed by atoms with E-state index in [9.17, 15) is 10.4 Å². The van der Waals surface area contributed by atoms with Crippen molar-refractivity contribution in [2.24, 2.45) is 0 Å². The van der Waals surface area contributed by atoms with Gasteiger partial charge in [0.25, 0.3) is 0 Å². The number of nitrogens with one attached hydrogen (secondary N) is 1. The normalized spacial score (nSPS) is 26.6. The summed E-state index contributed by atoms with van der Waals surface area (Å²) in [4.78, 5) is 0. The largest absolute Gasteiger partial charge is 0.366 e. The smallest absolute Gasteiger partial charge is 0.216 e. The molecule has 1 aliphatic rings. The third-order valence-corrected chi connectivity index (χ3v) is 4.84. The number of hydrogen-bond donors (Lipinski definition) is 3. The maximum Gasteiger partial charge on any atom is 0.216 e. The first-order chi connectivity index (χ1) is 11.4. The maximum absolute atomic E-state index is 11.0. The van der Waals surface area contributed by atoms with Crippen molar-refractivity contribution in [2.45, 2.75) is 24.6 Å². The van der Waals surface area contributed by atoms with Gasteiger partial charge in [-0.25, -0.2) is 0 Å². The van der Waals surface area contributed by atoms with E-state index in [1.165, 1.54) is 0 Å². The fraction of sp³-hybridized carbons (Fsp3) is 0.222. The Balaban J connectivity index is 2.22. The standard InChI is InChI=1S/C18H16ClN3OS/c1-18(23)16(22-9-3-2-4-10-22)15(14(11-20)17(24)21-18)12-5-7-13(19)8-6-12/h2-10,15-16,21,23H,1H3/p+1. The van der Waals surface area contributed by atoms with Crippen LogP contribution in [0.15, 0.2) is 65.5 Å². The first-order valence-corrected chi connectivity index (χ1v) is 8.31. The summed E-state index contributed by atoms with van der Waals surface area (Å²) in [5.74, 6) is -0.358. The van der Waals surface area contributed by atoms with Crippen LogP contribution in [-0.4, -0.2) is 10.8 Å². The van der Waals surface area contributed by atoms with E-state index in [0.717, 1.165) is 5.56 Å². The van der Waals surface area contributed by atoms with E-state index >= 15 is 0 Å². The molecule has 0 saturated heterocycles. The number of aromatic nitrogens is 1. The molecular formula is C18H17ClN3OS+. The lowest BCUT2D eigenvalue weighted by Crippen LogP contribution is -2.62. The Bertz CT molecular complexity index is 812. The van der Waals surface area contributed by atoms with Crippen molar-refractivity contribution >= 4 is 24.2 Å². The number of nitrogens with zero attached hydrogens (tertiary/aromatic N) is 2. The van der Waals surface area contributed by atoms with Gasteiger partial charge in [-0.05, 0) is 24.6 Å². The van der Waals surface area contributed by atoms with E-state index in [0.29, 0.717) is 15.6 Å². The molecule has 0 fully saturated rings. The average molecular weight is 359 g/mol. The summed E-state index contributed by atoms with van der Waals surface area (Å²) in [5, 5.41) is 24.6. The molecule has 0 saturated carbocycles. The van der Waals surface area contributed by atoms with E-state index in [2.05, 4.69) is 24.0 Å². The van der Waals surface area contributed by atoms with Crippen LogP contribution in [-0.2, 0) is 0 Å². The van der Waals surface area contributed by atoms with Gasteiger partial charge in [0, 0.05) is 17.2 Å². The van der Waals surface area contributed by atoms with Crippen molar-refractivity contribution in [1.29, 1.82) is 5.26 Å². The van der Waals surface area contributed by atoms with Crippen LogP contribution in [0.5, 0.6) is 0 Å². The molecule has 0 bridgehead atoms. The number of nitriles is 1. The van der Waals surface area contributed by atoms with Gasteiger partial charge in [0.15, 0.2) is 18.1 Å². The second-order valence-electron chi connectivity index (χ2n) is 5.94. The van der Waals surface area contributed by atoms with Crippen LogP contribution in [0.1, 0.15) is 24.4 Å². The molecule has 3 atom stereocenters. The minimum atomic E-state index is -1.28. The van der Waals surface area contributed by atoms with E-state index in [1.54, 1.807) is 19.1 Å². The number of thiol groups is 1. The molecular weight excluding hydrogens is 342 g/mol. The summed E-state index contributed by atoms with van der Waals surface area (Å²) in [6.45, 7) is 1.69. The Kier molecular flexibility index (Phi) is 4.55. The topological polar surface area (TPSA) is 59.9 Å². The minimum absolute atomic E-state index is 0.358. The molecule has 3 unspecified atom stereocenters. The number of hydrogen-bond acceptors (Lipinski definition) is 4. The Morgan fingerprint density at radius 3 is 2.46 bits per heavy atom. The average Bonchev–Trinajstić information content (AvgIpc) is 2.55. The predicted octanol–water partition coefficient (Wildman–Crippen LogP) is 2.93. The molecule has 6 heteroatoms. The SMILES string of the molecule is CC1(O)NC(S)=C(C#N)C(c2ccc(Cl)cc2)C1[n+]1ccccc1. The first kappa shape index (κ1) is 16.8. The molecule has 0 aliphatic carbocycles. The highest BCUT2D eigenvalue weighted by Gasteiger charge is 2.51. The van der Waals surface area contributed by atoms with Crippen molar-refractivity contribution in [3.63, 3.8) is 0 Å². The zero-order valence-electron chi connectivity index (χ0n) is 13.0. The molecule has 4 nitrogen and oxygen atoms in total. The van der Waals surface area contributed by atoms with Crippen LogP contribution in [0.4, 0.5) is 0 Å². The molecule has 1 aromatic carbocycles. The summed E-state index contributed by atoms with van der Waals surface area (Å²) in [5.41, 5.74) is 0.0903. The third kappa shape index (κ3) is 3.01. The fourth-order valence-electron chi connectivity index (χ4n) is 3.21. The Morgan fingerprint density at radius 1 is 1.25 bits per heavy atom. The second kappa shape index (κ2) is 6.48. The molecule has 1 aromatic heterocycles. The molecule has 0 radical (unpaired) electrons. The molecule has 122 valence electrons. The maximum atomic E-state index is 11.0. The van der Waals surface area contributed by atoms with Crippen molar-refractivity contribution in [3.8, 4) is 6.07 Å². The monoisotopic (exact) mass is 358 g/mol. The van der Waals surface area contributed by atoms with Crippen molar-refractivity contribution in [2.75, 3.05) is 0 Å². The van der Waals surface area contributed by atoms with Gasteiger partial charge in [-0.2, -0.15) is 9.83 Å². The van der Waals surface area contributed by atoms with E-state index in [-0.39, 0.29) is 5.92 Å². The van der Waals surface area contributed by atoms with Crippen LogP contribution in [0, 0.1) is 11.3 Å². The van der Waals surface area contributed by atoms with Gasteiger partial charge < -0.3 is 10.4 Å². The summed E-state index contributed by atoms with van der Waals surface area (Å²) in [6.07, 6.45) is 3.75.